The van der Waals surface area contributed by atoms with Gasteiger partial charge in [0.15, 0.2) is 0 Å². The summed E-state index contributed by atoms with van der Waals surface area (Å²) in [5, 5.41) is 7.37. The van der Waals surface area contributed by atoms with Gasteiger partial charge in [-0.25, -0.2) is 0 Å². The predicted octanol–water partition coefficient (Wildman–Crippen LogP) is 4.48. The van der Waals surface area contributed by atoms with E-state index < -0.39 is 0 Å². The fraction of sp³-hybridized carbons (Fsp3) is 0.269. The second kappa shape index (κ2) is 8.33. The Morgan fingerprint density at radius 3 is 2.36 bits per heavy atom. The molecule has 1 aliphatic rings. The molecule has 0 radical (unpaired) electrons. The minimum Gasteiger partial charge on any atom is -0.423 e. The first kappa shape index (κ1) is 19.9. The third-order valence-electron chi connectivity index (χ3n) is 6.42. The van der Waals surface area contributed by atoms with Gasteiger partial charge < -0.3 is 9.64 Å². The third kappa shape index (κ3) is 3.74. The van der Waals surface area contributed by atoms with E-state index in [1.807, 2.05) is 66.7 Å². The quantitative estimate of drug-likeness (QED) is 0.378. The fourth-order valence-electron chi connectivity index (χ4n) is 4.70. The van der Waals surface area contributed by atoms with Crippen LogP contribution in [0.2, 0.25) is 0 Å². The summed E-state index contributed by atoms with van der Waals surface area (Å²) >= 11 is 0. The Hall–Kier alpha value is -3.71. The Kier molecular flexibility index (Phi) is 5.03. The van der Waals surface area contributed by atoms with Crippen molar-refractivity contribution in [2.24, 2.45) is 0 Å². The van der Waals surface area contributed by atoms with Gasteiger partial charge in [-0.2, -0.15) is 9.50 Å². The number of nitrogens with zero attached hydrogens (tertiary/aromatic N) is 5. The van der Waals surface area contributed by atoms with E-state index in [0.717, 1.165) is 35.9 Å². The number of para-hydroxylation sites is 1. The number of fused-ring (bicyclic) bond motifs is 4. The van der Waals surface area contributed by atoms with Crippen molar-refractivity contribution >= 4 is 27.5 Å². The lowest BCUT2D eigenvalue weighted by atomic mass is 10.1. The lowest BCUT2D eigenvalue weighted by Crippen LogP contribution is -2.35. The van der Waals surface area contributed by atoms with E-state index in [-0.39, 0.29) is 11.6 Å². The van der Waals surface area contributed by atoms with E-state index in [0.29, 0.717) is 23.5 Å². The molecule has 6 rings (SSSR count). The first-order chi connectivity index (χ1) is 16.3. The van der Waals surface area contributed by atoms with Crippen molar-refractivity contribution in [3.63, 3.8) is 0 Å². The van der Waals surface area contributed by atoms with Crippen LogP contribution in [0.3, 0.4) is 0 Å². The highest BCUT2D eigenvalue weighted by atomic mass is 16.5. The van der Waals surface area contributed by atoms with E-state index in [4.69, 9.17) is 4.74 Å². The summed E-state index contributed by atoms with van der Waals surface area (Å²) in [5.74, 6) is 1.16. The predicted molar refractivity (Wildman–Crippen MR) is 129 cm³/mol. The highest BCUT2D eigenvalue weighted by molar-refractivity contribution is 5.96. The maximum atomic E-state index is 13.6. The van der Waals surface area contributed by atoms with Crippen molar-refractivity contribution in [3.05, 3.63) is 77.1 Å². The molecule has 3 aromatic carbocycles. The summed E-state index contributed by atoms with van der Waals surface area (Å²) in [6.45, 7) is 3.54. The molecular weight excluding hydrogens is 414 g/mol. The summed E-state index contributed by atoms with van der Waals surface area (Å²) in [6, 6.07) is 21.7. The maximum absolute atomic E-state index is 13.6. The lowest BCUT2D eigenvalue weighted by Gasteiger charge is -2.26. The Balaban J connectivity index is 1.51. The molecule has 1 fully saturated rings. The lowest BCUT2D eigenvalue weighted by molar-refractivity contribution is 0.220. The summed E-state index contributed by atoms with van der Waals surface area (Å²) < 4.78 is 9.41. The highest BCUT2D eigenvalue weighted by Crippen LogP contribution is 2.24. The number of aromatic nitrogens is 4. The van der Waals surface area contributed by atoms with Crippen molar-refractivity contribution in [3.8, 4) is 11.8 Å². The molecule has 7 nitrogen and oxygen atoms in total. The molecule has 0 saturated carbocycles. The zero-order valence-corrected chi connectivity index (χ0v) is 18.4. The topological polar surface area (TPSA) is 64.7 Å². The van der Waals surface area contributed by atoms with Crippen LogP contribution in [0.1, 0.15) is 19.3 Å². The number of benzene rings is 3. The number of ether oxygens (including phenoxy) is 1. The van der Waals surface area contributed by atoms with Gasteiger partial charge in [0.25, 0.3) is 5.56 Å². The monoisotopic (exact) mass is 439 g/mol. The number of rotatable bonds is 5. The summed E-state index contributed by atoms with van der Waals surface area (Å²) in [5.41, 5.74) is 0.692. The molecule has 0 N–H and O–H groups in total. The second-order valence-corrected chi connectivity index (χ2v) is 8.60. The third-order valence-corrected chi connectivity index (χ3v) is 6.42. The molecule has 0 aliphatic carbocycles. The maximum Gasteiger partial charge on any atom is 0.343 e. The largest absolute Gasteiger partial charge is 0.423 e. The summed E-state index contributed by atoms with van der Waals surface area (Å²) in [7, 11) is 0. The van der Waals surface area contributed by atoms with Gasteiger partial charge in [0.1, 0.15) is 5.75 Å². The minimum atomic E-state index is -0.0427. The van der Waals surface area contributed by atoms with Gasteiger partial charge in [-0.15, -0.1) is 5.10 Å². The van der Waals surface area contributed by atoms with Gasteiger partial charge in [-0.3, -0.25) is 9.36 Å². The van der Waals surface area contributed by atoms with Gasteiger partial charge in [-0.05, 0) is 61.0 Å². The van der Waals surface area contributed by atoms with Gasteiger partial charge in [-0.1, -0.05) is 48.9 Å². The molecule has 33 heavy (non-hydrogen) atoms. The molecule has 5 aromatic rings. The molecule has 0 bridgehead atoms. The molecule has 1 aliphatic heterocycles. The molecule has 0 spiro atoms. The van der Waals surface area contributed by atoms with E-state index in [9.17, 15) is 4.79 Å². The standard InChI is InChI=1S/C26H25N5O2/c32-24-22-17-19-9-5-6-10-20(19)18-23(22)31-26(30(24)16-15-29-13-7-2-8-14-29)27-25(28-31)33-21-11-3-1-4-12-21/h1,3-6,9-12,17-18H,2,7-8,13-16H2. The van der Waals surface area contributed by atoms with Crippen LogP contribution in [-0.4, -0.2) is 43.7 Å². The number of piperidine rings is 1. The van der Waals surface area contributed by atoms with Crippen LogP contribution in [0, 0.1) is 0 Å². The molecule has 3 heterocycles. The average molecular weight is 440 g/mol. The Bertz CT molecular complexity index is 1500. The van der Waals surface area contributed by atoms with Crippen LogP contribution >= 0.6 is 0 Å². The number of likely N-dealkylation sites (tertiary alicyclic amines) is 1. The van der Waals surface area contributed by atoms with Gasteiger partial charge in [0.05, 0.1) is 10.9 Å². The van der Waals surface area contributed by atoms with Crippen LogP contribution in [-0.2, 0) is 6.54 Å². The Morgan fingerprint density at radius 1 is 0.848 bits per heavy atom. The van der Waals surface area contributed by atoms with Gasteiger partial charge in [0.2, 0.25) is 5.78 Å². The number of hydrogen-bond acceptors (Lipinski definition) is 5. The van der Waals surface area contributed by atoms with E-state index >= 15 is 0 Å². The minimum absolute atomic E-state index is 0.0427. The summed E-state index contributed by atoms with van der Waals surface area (Å²) in [6.07, 6.45) is 3.72. The summed E-state index contributed by atoms with van der Waals surface area (Å²) in [4.78, 5) is 20.7. The molecule has 2 aromatic heterocycles. The van der Waals surface area contributed by atoms with E-state index in [2.05, 4.69) is 15.0 Å². The molecule has 7 heteroatoms. The van der Waals surface area contributed by atoms with Crippen LogP contribution in [0.5, 0.6) is 11.8 Å². The van der Waals surface area contributed by atoms with Crippen molar-refractivity contribution in [2.75, 3.05) is 19.6 Å². The van der Waals surface area contributed by atoms with Gasteiger partial charge in [0, 0.05) is 13.1 Å². The van der Waals surface area contributed by atoms with Crippen LogP contribution in [0.25, 0.3) is 27.5 Å². The first-order valence-electron chi connectivity index (χ1n) is 11.5. The average Bonchev–Trinajstić information content (AvgIpc) is 3.28. The second-order valence-electron chi connectivity index (χ2n) is 8.60. The molecule has 0 atom stereocenters. The van der Waals surface area contributed by atoms with Crippen molar-refractivity contribution in [1.29, 1.82) is 0 Å². The Labute approximate surface area is 190 Å². The molecule has 166 valence electrons. The van der Waals surface area contributed by atoms with Crippen molar-refractivity contribution in [2.45, 2.75) is 25.8 Å². The SMILES string of the molecule is O=c1c2cc3ccccc3cc2n2nc(Oc3ccccc3)nc2n1CCN1CCCCC1. The van der Waals surface area contributed by atoms with Crippen molar-refractivity contribution < 1.29 is 4.74 Å². The van der Waals surface area contributed by atoms with Crippen LogP contribution < -0.4 is 10.3 Å². The Morgan fingerprint density at radius 2 is 1.58 bits per heavy atom. The number of hydrogen-bond donors (Lipinski definition) is 0. The fourth-order valence-corrected chi connectivity index (χ4v) is 4.70. The zero-order chi connectivity index (χ0) is 22.2. The van der Waals surface area contributed by atoms with Gasteiger partial charge >= 0.3 is 6.01 Å². The van der Waals surface area contributed by atoms with E-state index in [1.165, 1.54) is 19.3 Å². The first-order valence-corrected chi connectivity index (χ1v) is 11.5. The molecule has 1 saturated heterocycles. The van der Waals surface area contributed by atoms with Crippen molar-refractivity contribution in [1.82, 2.24) is 24.1 Å². The highest BCUT2D eigenvalue weighted by Gasteiger charge is 2.18. The van der Waals surface area contributed by atoms with Crippen LogP contribution in [0.15, 0.2) is 71.5 Å². The molecule has 0 unspecified atom stereocenters. The van der Waals surface area contributed by atoms with E-state index in [1.54, 1.807) is 9.08 Å². The normalized spacial score (nSPS) is 14.9. The smallest absolute Gasteiger partial charge is 0.343 e. The molecular formula is C26H25N5O2. The molecule has 0 amide bonds. The van der Waals surface area contributed by atoms with Crippen LogP contribution in [0.4, 0.5) is 0 Å². The zero-order valence-electron chi connectivity index (χ0n) is 18.4.